The Kier molecular flexibility index (Phi) is 4.34. The van der Waals surface area contributed by atoms with Gasteiger partial charge in [-0.2, -0.15) is 0 Å². The molecule has 0 saturated heterocycles. The molecule has 1 aliphatic carbocycles. The van der Waals surface area contributed by atoms with Crippen LogP contribution < -0.4 is 9.47 Å². The molecular weight excluding hydrogens is 292 g/mol. The summed E-state index contributed by atoms with van der Waals surface area (Å²) in [6, 6.07) is 11.0. The van der Waals surface area contributed by atoms with E-state index in [-0.39, 0.29) is 0 Å². The van der Waals surface area contributed by atoms with Gasteiger partial charge >= 0.3 is 0 Å². The smallest absolute Gasteiger partial charge is 0.161 e. The van der Waals surface area contributed by atoms with E-state index < -0.39 is 0 Å². The van der Waals surface area contributed by atoms with Crippen LogP contribution >= 0.6 is 11.8 Å². The second-order valence-corrected chi connectivity index (χ2v) is 6.59. The van der Waals surface area contributed by atoms with Crippen LogP contribution in [0.2, 0.25) is 0 Å². The lowest BCUT2D eigenvalue weighted by molar-refractivity contribution is 0.354. The van der Waals surface area contributed by atoms with Crippen molar-refractivity contribution in [2.45, 2.75) is 30.6 Å². The molecule has 0 bridgehead atoms. The van der Waals surface area contributed by atoms with Crippen LogP contribution in [0.3, 0.4) is 0 Å². The standard InChI is InChI=1S/C19H22O2S/c1-12-9-14-5-7-15(19(14)18(10-12)22-4)13-6-8-16(20-2)17(11-13)21-3/h6,8-11,15H,5,7H2,1-4H3. The van der Waals surface area contributed by atoms with Crippen molar-refractivity contribution in [3.05, 3.63) is 52.6 Å². The SMILES string of the molecule is COc1ccc(C2CCc3cc(C)cc(SC)c32)cc1OC. The summed E-state index contributed by atoms with van der Waals surface area (Å²) < 4.78 is 10.8. The molecule has 2 aromatic rings. The van der Waals surface area contributed by atoms with Crippen molar-refractivity contribution in [2.24, 2.45) is 0 Å². The Morgan fingerprint density at radius 3 is 2.50 bits per heavy atom. The number of thioether (sulfide) groups is 1. The lowest BCUT2D eigenvalue weighted by Crippen LogP contribution is -2.00. The Balaban J connectivity index is 2.06. The van der Waals surface area contributed by atoms with Crippen molar-refractivity contribution in [2.75, 3.05) is 20.5 Å². The first-order chi connectivity index (χ1) is 10.7. The number of benzene rings is 2. The predicted molar refractivity (Wildman–Crippen MR) is 92.7 cm³/mol. The molecule has 0 N–H and O–H groups in total. The fourth-order valence-corrected chi connectivity index (χ4v) is 4.25. The summed E-state index contributed by atoms with van der Waals surface area (Å²) in [4.78, 5) is 1.41. The molecule has 0 aliphatic heterocycles. The maximum Gasteiger partial charge on any atom is 0.161 e. The van der Waals surface area contributed by atoms with Crippen molar-refractivity contribution in [3.63, 3.8) is 0 Å². The zero-order chi connectivity index (χ0) is 15.7. The van der Waals surface area contributed by atoms with E-state index in [2.05, 4.69) is 37.4 Å². The summed E-state index contributed by atoms with van der Waals surface area (Å²) in [6.07, 6.45) is 4.49. The molecule has 0 fully saturated rings. The quantitative estimate of drug-likeness (QED) is 0.754. The lowest BCUT2D eigenvalue weighted by atomic mass is 9.92. The van der Waals surface area contributed by atoms with Crippen LogP contribution in [0.4, 0.5) is 0 Å². The predicted octanol–water partition coefficient (Wildman–Crippen LogP) is 4.81. The van der Waals surface area contributed by atoms with Gasteiger partial charge in [0.15, 0.2) is 11.5 Å². The third kappa shape index (κ3) is 2.58. The number of hydrogen-bond donors (Lipinski definition) is 0. The zero-order valence-corrected chi connectivity index (χ0v) is 14.4. The molecule has 1 aliphatic rings. The summed E-state index contributed by atoms with van der Waals surface area (Å²) in [5.41, 5.74) is 5.68. The largest absolute Gasteiger partial charge is 0.493 e. The average molecular weight is 314 g/mol. The van der Waals surface area contributed by atoms with E-state index in [0.29, 0.717) is 5.92 Å². The molecule has 0 saturated carbocycles. The van der Waals surface area contributed by atoms with Gasteiger partial charge in [0, 0.05) is 10.8 Å². The van der Waals surface area contributed by atoms with Gasteiger partial charge in [0.25, 0.3) is 0 Å². The highest BCUT2D eigenvalue weighted by atomic mass is 32.2. The van der Waals surface area contributed by atoms with Crippen molar-refractivity contribution >= 4 is 11.8 Å². The first kappa shape index (κ1) is 15.3. The van der Waals surface area contributed by atoms with Gasteiger partial charge in [0.2, 0.25) is 0 Å². The minimum absolute atomic E-state index is 0.456. The molecule has 0 spiro atoms. The number of fused-ring (bicyclic) bond motifs is 1. The summed E-state index contributed by atoms with van der Waals surface area (Å²) in [5, 5.41) is 0. The molecule has 1 unspecified atom stereocenters. The number of aryl methyl sites for hydroxylation is 2. The summed E-state index contributed by atoms with van der Waals surface area (Å²) in [7, 11) is 3.37. The Hall–Kier alpha value is -1.61. The summed E-state index contributed by atoms with van der Waals surface area (Å²) >= 11 is 1.85. The first-order valence-corrected chi connectivity index (χ1v) is 8.79. The molecule has 0 aromatic heterocycles. The van der Waals surface area contributed by atoms with Crippen LogP contribution in [0.1, 0.15) is 34.6 Å². The van der Waals surface area contributed by atoms with Crippen molar-refractivity contribution < 1.29 is 9.47 Å². The van der Waals surface area contributed by atoms with Crippen LogP contribution in [-0.2, 0) is 6.42 Å². The van der Waals surface area contributed by atoms with Crippen LogP contribution in [-0.4, -0.2) is 20.5 Å². The van der Waals surface area contributed by atoms with Gasteiger partial charge in [-0.25, -0.2) is 0 Å². The van der Waals surface area contributed by atoms with Gasteiger partial charge in [-0.05, 0) is 66.5 Å². The van der Waals surface area contributed by atoms with E-state index in [0.717, 1.165) is 17.9 Å². The van der Waals surface area contributed by atoms with Crippen LogP contribution in [0.15, 0.2) is 35.2 Å². The first-order valence-electron chi connectivity index (χ1n) is 7.57. The number of rotatable bonds is 4. The Bertz CT molecular complexity index is 694. The minimum Gasteiger partial charge on any atom is -0.493 e. The van der Waals surface area contributed by atoms with E-state index >= 15 is 0 Å². The van der Waals surface area contributed by atoms with E-state index in [1.807, 2.05) is 17.8 Å². The normalized spacial score (nSPS) is 16.5. The summed E-state index contributed by atoms with van der Waals surface area (Å²) in [6.45, 7) is 2.18. The lowest BCUT2D eigenvalue weighted by Gasteiger charge is -2.18. The molecule has 3 rings (SSSR count). The molecule has 0 heterocycles. The average Bonchev–Trinajstić information content (AvgIpc) is 2.96. The maximum atomic E-state index is 5.47. The van der Waals surface area contributed by atoms with Crippen molar-refractivity contribution in [1.82, 2.24) is 0 Å². The number of ether oxygens (including phenoxy) is 2. The fraction of sp³-hybridized carbons (Fsp3) is 0.368. The van der Waals surface area contributed by atoms with Crippen molar-refractivity contribution in [3.8, 4) is 11.5 Å². The van der Waals surface area contributed by atoms with E-state index in [1.165, 1.54) is 33.6 Å². The van der Waals surface area contributed by atoms with Gasteiger partial charge in [0.05, 0.1) is 14.2 Å². The van der Waals surface area contributed by atoms with Crippen molar-refractivity contribution in [1.29, 1.82) is 0 Å². The second-order valence-electron chi connectivity index (χ2n) is 5.75. The monoisotopic (exact) mass is 314 g/mol. The molecule has 22 heavy (non-hydrogen) atoms. The third-order valence-corrected chi connectivity index (χ3v) is 5.23. The molecule has 3 heteroatoms. The van der Waals surface area contributed by atoms with Crippen LogP contribution in [0, 0.1) is 6.92 Å². The highest BCUT2D eigenvalue weighted by Crippen LogP contribution is 2.45. The van der Waals surface area contributed by atoms with Gasteiger partial charge in [0.1, 0.15) is 0 Å². The van der Waals surface area contributed by atoms with Gasteiger partial charge in [-0.15, -0.1) is 11.8 Å². The zero-order valence-electron chi connectivity index (χ0n) is 13.6. The molecule has 2 aromatic carbocycles. The fourth-order valence-electron chi connectivity index (χ4n) is 3.46. The van der Waals surface area contributed by atoms with E-state index in [1.54, 1.807) is 14.2 Å². The Labute approximate surface area is 136 Å². The third-order valence-electron chi connectivity index (χ3n) is 4.45. The van der Waals surface area contributed by atoms with Gasteiger partial charge in [-0.3, -0.25) is 0 Å². The molecule has 1 atom stereocenters. The summed E-state index contributed by atoms with van der Waals surface area (Å²) in [5.74, 6) is 2.06. The van der Waals surface area contributed by atoms with Gasteiger partial charge in [-0.1, -0.05) is 12.1 Å². The second kappa shape index (κ2) is 6.25. The minimum atomic E-state index is 0.456. The molecule has 0 amide bonds. The van der Waals surface area contributed by atoms with E-state index in [4.69, 9.17) is 9.47 Å². The number of methoxy groups -OCH3 is 2. The molecular formula is C19H22O2S. The molecule has 0 radical (unpaired) electrons. The Morgan fingerprint density at radius 2 is 1.82 bits per heavy atom. The molecule has 2 nitrogen and oxygen atoms in total. The Morgan fingerprint density at radius 1 is 1.05 bits per heavy atom. The highest BCUT2D eigenvalue weighted by Gasteiger charge is 2.27. The van der Waals surface area contributed by atoms with Crippen LogP contribution in [0.25, 0.3) is 0 Å². The number of hydrogen-bond acceptors (Lipinski definition) is 3. The highest BCUT2D eigenvalue weighted by molar-refractivity contribution is 7.98. The van der Waals surface area contributed by atoms with Gasteiger partial charge < -0.3 is 9.47 Å². The van der Waals surface area contributed by atoms with Crippen LogP contribution in [0.5, 0.6) is 11.5 Å². The topological polar surface area (TPSA) is 18.5 Å². The molecule has 116 valence electrons. The maximum absolute atomic E-state index is 5.47. The van der Waals surface area contributed by atoms with E-state index in [9.17, 15) is 0 Å².